The number of hydrogen-bond donors (Lipinski definition) is 2. The lowest BCUT2D eigenvalue weighted by molar-refractivity contribution is 0.0693. The molecule has 0 saturated carbocycles. The summed E-state index contributed by atoms with van der Waals surface area (Å²) in [5, 5.41) is 20.2. The quantitative estimate of drug-likeness (QED) is 0.169. The molecule has 0 fully saturated rings. The number of carbonyl (C=O) groups is 2. The Morgan fingerprint density at radius 1 is 0.697 bits per heavy atom. The molecular weight excluding hydrogens is 463 g/mol. The Balaban J connectivity index is 0.0000102. The zero-order valence-electron chi connectivity index (χ0n) is 20.5. The maximum Gasteiger partial charge on any atom is 0.336 e. The molecule has 1 atom stereocenters. The van der Waals surface area contributed by atoms with Crippen molar-refractivity contribution in [1.29, 1.82) is 0 Å². The van der Waals surface area contributed by atoms with Crippen molar-refractivity contribution in [3.63, 3.8) is 0 Å². The first-order valence-corrected chi connectivity index (χ1v) is 13.1. The third kappa shape index (κ3) is 8.34. The van der Waals surface area contributed by atoms with E-state index in [1.807, 2.05) is 27.7 Å². The van der Waals surface area contributed by atoms with E-state index in [0.717, 1.165) is 25.7 Å². The van der Waals surface area contributed by atoms with Gasteiger partial charge in [-0.05, 0) is 61.6 Å². The average Bonchev–Trinajstić information content (AvgIpc) is 2.73. The van der Waals surface area contributed by atoms with Gasteiger partial charge in [0.1, 0.15) is 4.90 Å². The van der Waals surface area contributed by atoms with Crippen molar-refractivity contribution in [3.05, 3.63) is 27.8 Å². The van der Waals surface area contributed by atoms with Crippen LogP contribution in [0.3, 0.4) is 0 Å². The highest BCUT2D eigenvalue weighted by atomic mass is 32.2. The van der Waals surface area contributed by atoms with E-state index in [9.17, 15) is 28.2 Å². The molecule has 0 aliphatic heterocycles. The summed E-state index contributed by atoms with van der Waals surface area (Å²) in [6, 6.07) is 0. The van der Waals surface area contributed by atoms with Crippen LogP contribution in [0.25, 0.3) is 0 Å². The van der Waals surface area contributed by atoms with E-state index in [1.54, 1.807) is 0 Å². The molecule has 1 rings (SSSR count). The molecule has 0 aliphatic carbocycles. The van der Waals surface area contributed by atoms with Crippen molar-refractivity contribution in [3.8, 4) is 0 Å². The highest BCUT2D eigenvalue weighted by Crippen LogP contribution is 2.36. The van der Waals surface area contributed by atoms with E-state index in [-0.39, 0.29) is 68.5 Å². The van der Waals surface area contributed by atoms with Crippen molar-refractivity contribution in [2.75, 3.05) is 6.61 Å². The zero-order chi connectivity index (χ0) is 24.3. The smallest absolute Gasteiger partial charge is 0.336 e. The van der Waals surface area contributed by atoms with Gasteiger partial charge in [0.25, 0.3) is 10.1 Å². The van der Waals surface area contributed by atoms with E-state index in [1.165, 1.54) is 0 Å². The van der Waals surface area contributed by atoms with Gasteiger partial charge < -0.3 is 10.2 Å². The molecule has 0 aromatic heterocycles. The van der Waals surface area contributed by atoms with Crippen molar-refractivity contribution in [2.24, 2.45) is 0 Å². The molecule has 9 heteroatoms. The van der Waals surface area contributed by atoms with Crippen LogP contribution >= 0.6 is 9.90 Å². The third-order valence-corrected chi connectivity index (χ3v) is 6.98. The molecule has 2 N–H and O–H groups in total. The molecule has 0 radical (unpaired) electrons. The van der Waals surface area contributed by atoms with Gasteiger partial charge in [0, 0.05) is 0 Å². The van der Waals surface area contributed by atoms with Crippen LogP contribution in [0.2, 0.25) is 0 Å². The van der Waals surface area contributed by atoms with Gasteiger partial charge in [0.15, 0.2) is 0 Å². The Labute approximate surface area is 202 Å². The minimum Gasteiger partial charge on any atom is -0.478 e. The van der Waals surface area contributed by atoms with E-state index < -0.39 is 22.1 Å². The Bertz CT molecular complexity index is 848. The Kier molecular flexibility index (Phi) is 14.7. The predicted molar refractivity (Wildman–Crippen MR) is 135 cm³/mol. The summed E-state index contributed by atoms with van der Waals surface area (Å²) < 4.78 is 32.0. The normalized spacial score (nSPS) is 11.3. The van der Waals surface area contributed by atoms with Crippen molar-refractivity contribution in [1.82, 2.24) is 0 Å². The molecule has 0 heterocycles. The summed E-state index contributed by atoms with van der Waals surface area (Å²) in [6.07, 6.45) is 6.04. The largest absolute Gasteiger partial charge is 0.478 e. The van der Waals surface area contributed by atoms with Gasteiger partial charge in [-0.3, -0.25) is 4.18 Å². The Morgan fingerprint density at radius 3 is 1.39 bits per heavy atom. The van der Waals surface area contributed by atoms with Gasteiger partial charge in [0.05, 0.1) is 17.7 Å². The van der Waals surface area contributed by atoms with Crippen LogP contribution < -0.4 is 0 Å². The minimum absolute atomic E-state index is 0. The van der Waals surface area contributed by atoms with Gasteiger partial charge in [-0.25, -0.2) is 9.59 Å². The fraction of sp³-hybridized carbons (Fsp3) is 0.667. The molecule has 7 nitrogen and oxygen atoms in total. The molecule has 1 aromatic rings. The first-order chi connectivity index (χ1) is 15.2. The first-order valence-electron chi connectivity index (χ1n) is 11.7. The Morgan fingerprint density at radius 2 is 1.06 bits per heavy atom. The number of benzene rings is 1. The third-order valence-electron chi connectivity index (χ3n) is 5.51. The van der Waals surface area contributed by atoms with Crippen LogP contribution in [0.1, 0.15) is 116 Å². The second-order valence-electron chi connectivity index (χ2n) is 8.07. The second-order valence-corrected chi connectivity index (χ2v) is 9.62. The minimum atomic E-state index is -4.33. The van der Waals surface area contributed by atoms with Crippen molar-refractivity contribution < 1.29 is 32.4 Å². The number of unbranched alkanes of at least 4 members (excludes halogenated alkanes) is 4. The maximum atomic E-state index is 13.3. The van der Waals surface area contributed by atoms with Gasteiger partial charge in [0.2, 0.25) is 0 Å². The van der Waals surface area contributed by atoms with E-state index in [2.05, 4.69) is 0 Å². The molecule has 1 aromatic carbocycles. The average molecular weight is 505 g/mol. The van der Waals surface area contributed by atoms with Crippen LogP contribution in [-0.4, -0.2) is 37.2 Å². The van der Waals surface area contributed by atoms with Gasteiger partial charge in [-0.2, -0.15) is 18.3 Å². The van der Waals surface area contributed by atoms with Crippen molar-refractivity contribution >= 4 is 32.0 Å². The molecule has 1 unspecified atom stereocenters. The number of rotatable bonds is 16. The number of hydrogen-bond acceptors (Lipinski definition) is 5. The number of carboxylic acid groups (broad SMARTS) is 2. The molecule has 33 heavy (non-hydrogen) atoms. The van der Waals surface area contributed by atoms with Crippen LogP contribution in [0.15, 0.2) is 4.90 Å². The van der Waals surface area contributed by atoms with Crippen LogP contribution in [-0.2, 0) is 33.6 Å². The molecule has 0 spiro atoms. The highest BCUT2D eigenvalue weighted by molar-refractivity contribution is 7.86. The Hall–Kier alpha value is -1.50. The molecular formula is C24H41O7PS. The standard InChI is InChI=1S/C24H38O7S.H3P/c1-5-9-13-17-20(23(25)26)18(14-10-6-2)22(32(29,30)31-16-12-8-4)19(15-11-7-3)21(17)24(27)28;/h5-16H2,1-4H3,(H,25,26)(H,27,28);1H3. The number of carboxylic acids is 2. The fourth-order valence-corrected chi connectivity index (χ4v) is 5.34. The summed E-state index contributed by atoms with van der Waals surface area (Å²) in [7, 11) is -4.33. The molecule has 0 bridgehead atoms. The monoisotopic (exact) mass is 504 g/mol. The highest BCUT2D eigenvalue weighted by Gasteiger charge is 2.35. The number of aromatic carboxylic acids is 2. The predicted octanol–water partition coefficient (Wildman–Crippen LogP) is 5.67. The summed E-state index contributed by atoms with van der Waals surface area (Å²) in [5.74, 6) is -2.59. The fourth-order valence-electron chi connectivity index (χ4n) is 3.88. The van der Waals surface area contributed by atoms with Crippen molar-refractivity contribution in [2.45, 2.75) is 103 Å². The van der Waals surface area contributed by atoms with E-state index >= 15 is 0 Å². The first kappa shape index (κ1) is 31.5. The molecule has 0 amide bonds. The lowest BCUT2D eigenvalue weighted by Gasteiger charge is -2.23. The summed E-state index contributed by atoms with van der Waals surface area (Å²) in [4.78, 5) is 24.5. The van der Waals surface area contributed by atoms with Gasteiger partial charge in [-0.1, -0.05) is 53.4 Å². The molecule has 0 aliphatic rings. The van der Waals surface area contributed by atoms with E-state index in [0.29, 0.717) is 25.7 Å². The van der Waals surface area contributed by atoms with Crippen LogP contribution in [0, 0.1) is 0 Å². The molecule has 190 valence electrons. The topological polar surface area (TPSA) is 118 Å². The lowest BCUT2D eigenvalue weighted by atomic mass is 9.85. The second kappa shape index (κ2) is 15.4. The lowest BCUT2D eigenvalue weighted by Crippen LogP contribution is -2.23. The van der Waals surface area contributed by atoms with Gasteiger partial charge >= 0.3 is 11.9 Å². The van der Waals surface area contributed by atoms with Crippen LogP contribution in [0.4, 0.5) is 0 Å². The summed E-state index contributed by atoms with van der Waals surface area (Å²) in [6.45, 7) is 7.70. The molecule has 0 saturated heterocycles. The van der Waals surface area contributed by atoms with E-state index in [4.69, 9.17) is 4.18 Å². The SMILES string of the molecule is CCCCOS(=O)(=O)c1c(CCCC)c(C(=O)O)c(CCCC)c(C(=O)O)c1CCCC.P. The summed E-state index contributed by atoms with van der Waals surface area (Å²) in [5.41, 5.74) is 0.261. The van der Waals surface area contributed by atoms with Crippen LogP contribution in [0.5, 0.6) is 0 Å². The summed E-state index contributed by atoms with van der Waals surface area (Å²) >= 11 is 0. The van der Waals surface area contributed by atoms with Gasteiger partial charge in [-0.15, -0.1) is 0 Å². The maximum absolute atomic E-state index is 13.3. The zero-order valence-corrected chi connectivity index (χ0v) is 22.8.